The topological polar surface area (TPSA) is 73.6 Å². The summed E-state index contributed by atoms with van der Waals surface area (Å²) in [6, 6.07) is 23.1. The lowest BCUT2D eigenvalue weighted by molar-refractivity contribution is -0.120. The second-order valence-corrected chi connectivity index (χ2v) is 6.84. The summed E-state index contributed by atoms with van der Waals surface area (Å²) >= 11 is 0. The molecule has 0 aliphatic heterocycles. The molecular weight excluding hydrogens is 380 g/mol. The van der Waals surface area contributed by atoms with Gasteiger partial charge in [-0.3, -0.25) is 4.79 Å². The molecule has 4 rings (SSSR count). The summed E-state index contributed by atoms with van der Waals surface area (Å²) in [5.41, 5.74) is 3.30. The third-order valence-electron chi connectivity index (χ3n) is 4.74. The van der Waals surface area contributed by atoms with Crippen LogP contribution in [0.2, 0.25) is 0 Å². The van der Waals surface area contributed by atoms with Crippen molar-refractivity contribution in [2.45, 2.75) is 19.6 Å². The summed E-state index contributed by atoms with van der Waals surface area (Å²) in [4.78, 5) is 12.4. The lowest BCUT2D eigenvalue weighted by Crippen LogP contribution is -2.24. The van der Waals surface area contributed by atoms with Gasteiger partial charge in [0.05, 0.1) is 13.5 Å². The molecule has 0 spiro atoms. The molecule has 152 valence electrons. The number of hydrogen-bond acceptors (Lipinski definition) is 5. The van der Waals surface area contributed by atoms with E-state index in [1.54, 1.807) is 7.11 Å². The van der Waals surface area contributed by atoms with E-state index in [4.69, 9.17) is 14.0 Å². The van der Waals surface area contributed by atoms with Gasteiger partial charge in [-0.25, -0.2) is 0 Å². The minimum Gasteiger partial charge on any atom is -0.493 e. The molecule has 3 aromatic carbocycles. The number of benzene rings is 3. The SMILES string of the molecule is COc1cc(CNC(=O)Cc2noc3ccccc23)ccc1OCc1ccccc1. The van der Waals surface area contributed by atoms with E-state index in [-0.39, 0.29) is 12.3 Å². The van der Waals surface area contributed by atoms with Crippen LogP contribution >= 0.6 is 0 Å². The summed E-state index contributed by atoms with van der Waals surface area (Å²) in [7, 11) is 1.60. The van der Waals surface area contributed by atoms with Gasteiger partial charge in [-0.15, -0.1) is 0 Å². The second-order valence-electron chi connectivity index (χ2n) is 6.84. The number of carbonyl (C=O) groups excluding carboxylic acids is 1. The number of nitrogens with one attached hydrogen (secondary N) is 1. The number of carbonyl (C=O) groups is 1. The van der Waals surface area contributed by atoms with Crippen molar-refractivity contribution in [3.8, 4) is 11.5 Å². The van der Waals surface area contributed by atoms with Crippen LogP contribution in [0.25, 0.3) is 11.0 Å². The number of fused-ring (bicyclic) bond motifs is 1. The Morgan fingerprint density at radius 3 is 2.60 bits per heavy atom. The van der Waals surface area contributed by atoms with Gasteiger partial charge in [0.1, 0.15) is 12.3 Å². The van der Waals surface area contributed by atoms with Crippen LogP contribution in [0.3, 0.4) is 0 Å². The van der Waals surface area contributed by atoms with Crippen molar-refractivity contribution in [3.05, 3.63) is 89.6 Å². The standard InChI is InChI=1S/C24H22N2O4/c1-28-23-13-18(11-12-22(23)29-16-17-7-3-2-4-8-17)15-25-24(27)14-20-19-9-5-6-10-21(19)30-26-20/h2-13H,14-16H2,1H3,(H,25,27). The summed E-state index contributed by atoms with van der Waals surface area (Å²) in [5.74, 6) is 1.16. The molecule has 1 N–H and O–H groups in total. The van der Waals surface area contributed by atoms with Crippen LogP contribution in [-0.2, 0) is 24.4 Å². The Labute approximate surface area is 174 Å². The smallest absolute Gasteiger partial charge is 0.226 e. The number of methoxy groups -OCH3 is 1. The number of ether oxygens (including phenoxy) is 2. The Kier molecular flexibility index (Phi) is 5.94. The van der Waals surface area contributed by atoms with Crippen molar-refractivity contribution in [2.75, 3.05) is 7.11 Å². The molecule has 6 nitrogen and oxygen atoms in total. The highest BCUT2D eigenvalue weighted by Gasteiger charge is 2.12. The van der Waals surface area contributed by atoms with E-state index in [0.29, 0.717) is 35.9 Å². The molecule has 4 aromatic rings. The van der Waals surface area contributed by atoms with Gasteiger partial charge in [0.15, 0.2) is 17.1 Å². The van der Waals surface area contributed by atoms with Crippen molar-refractivity contribution in [3.63, 3.8) is 0 Å². The molecule has 0 radical (unpaired) electrons. The van der Waals surface area contributed by atoms with Gasteiger partial charge in [0.2, 0.25) is 5.91 Å². The molecule has 0 aliphatic rings. The Hall–Kier alpha value is -3.80. The van der Waals surface area contributed by atoms with Gasteiger partial charge >= 0.3 is 0 Å². The lowest BCUT2D eigenvalue weighted by atomic mass is 10.1. The monoisotopic (exact) mass is 402 g/mol. The molecule has 0 saturated carbocycles. The minimum absolute atomic E-state index is 0.127. The normalized spacial score (nSPS) is 10.7. The third-order valence-corrected chi connectivity index (χ3v) is 4.74. The second kappa shape index (κ2) is 9.13. The lowest BCUT2D eigenvalue weighted by Gasteiger charge is -2.13. The van der Waals surface area contributed by atoms with Gasteiger partial charge in [0, 0.05) is 11.9 Å². The molecular formula is C24H22N2O4. The molecule has 30 heavy (non-hydrogen) atoms. The fraction of sp³-hybridized carbons (Fsp3) is 0.167. The number of hydrogen-bond donors (Lipinski definition) is 1. The maximum Gasteiger partial charge on any atom is 0.226 e. The fourth-order valence-corrected chi connectivity index (χ4v) is 3.16. The number of nitrogens with zero attached hydrogens (tertiary/aromatic N) is 1. The van der Waals surface area contributed by atoms with Crippen molar-refractivity contribution in [2.24, 2.45) is 0 Å². The maximum atomic E-state index is 12.4. The maximum absolute atomic E-state index is 12.4. The fourth-order valence-electron chi connectivity index (χ4n) is 3.16. The van der Waals surface area contributed by atoms with Gasteiger partial charge < -0.3 is 19.3 Å². The van der Waals surface area contributed by atoms with Crippen LogP contribution in [0.5, 0.6) is 11.5 Å². The molecule has 1 heterocycles. The van der Waals surface area contributed by atoms with Gasteiger partial charge in [0.25, 0.3) is 0 Å². The van der Waals surface area contributed by atoms with Crippen molar-refractivity contribution < 1.29 is 18.8 Å². The Morgan fingerprint density at radius 2 is 1.77 bits per heavy atom. The zero-order valence-electron chi connectivity index (χ0n) is 16.6. The predicted molar refractivity (Wildman–Crippen MR) is 113 cm³/mol. The highest BCUT2D eigenvalue weighted by Crippen LogP contribution is 2.29. The summed E-state index contributed by atoms with van der Waals surface area (Å²) in [6.45, 7) is 0.836. The number of rotatable bonds is 8. The minimum atomic E-state index is -0.127. The van der Waals surface area contributed by atoms with Gasteiger partial charge in [-0.1, -0.05) is 53.7 Å². The Balaban J connectivity index is 1.35. The van der Waals surface area contributed by atoms with E-state index in [0.717, 1.165) is 16.5 Å². The van der Waals surface area contributed by atoms with Crippen LogP contribution in [0, 0.1) is 0 Å². The Bertz CT molecular complexity index is 1140. The molecule has 0 fully saturated rings. The molecule has 0 unspecified atom stereocenters. The van der Waals surface area contributed by atoms with E-state index in [2.05, 4.69) is 10.5 Å². The quantitative estimate of drug-likeness (QED) is 0.476. The van der Waals surface area contributed by atoms with Crippen molar-refractivity contribution >= 4 is 16.9 Å². The number of para-hydroxylation sites is 1. The summed E-state index contributed by atoms with van der Waals surface area (Å²) in [6.07, 6.45) is 0.159. The largest absolute Gasteiger partial charge is 0.493 e. The van der Waals surface area contributed by atoms with Crippen LogP contribution in [-0.4, -0.2) is 18.2 Å². The zero-order chi connectivity index (χ0) is 20.8. The number of amides is 1. The molecule has 0 aliphatic carbocycles. The van der Waals surface area contributed by atoms with E-state index in [1.165, 1.54) is 0 Å². The first-order valence-electron chi connectivity index (χ1n) is 9.66. The average molecular weight is 402 g/mol. The molecule has 0 atom stereocenters. The van der Waals surface area contributed by atoms with Crippen LogP contribution in [0.15, 0.2) is 77.3 Å². The first kappa shape index (κ1) is 19.5. The van der Waals surface area contributed by atoms with E-state index in [1.807, 2.05) is 72.8 Å². The first-order valence-corrected chi connectivity index (χ1v) is 9.66. The van der Waals surface area contributed by atoms with E-state index in [9.17, 15) is 4.79 Å². The zero-order valence-corrected chi connectivity index (χ0v) is 16.6. The predicted octanol–water partition coefficient (Wildman–Crippen LogP) is 4.27. The first-order chi connectivity index (χ1) is 14.7. The number of aromatic nitrogens is 1. The molecule has 0 saturated heterocycles. The van der Waals surface area contributed by atoms with Crippen LogP contribution in [0.4, 0.5) is 0 Å². The molecule has 0 bridgehead atoms. The summed E-state index contributed by atoms with van der Waals surface area (Å²) in [5, 5.41) is 7.77. The van der Waals surface area contributed by atoms with Crippen molar-refractivity contribution in [1.29, 1.82) is 0 Å². The highest BCUT2D eigenvalue weighted by atomic mass is 16.5. The van der Waals surface area contributed by atoms with E-state index >= 15 is 0 Å². The van der Waals surface area contributed by atoms with Crippen molar-refractivity contribution in [1.82, 2.24) is 10.5 Å². The van der Waals surface area contributed by atoms with Gasteiger partial charge in [-0.05, 0) is 35.4 Å². The average Bonchev–Trinajstić information content (AvgIpc) is 3.20. The van der Waals surface area contributed by atoms with E-state index < -0.39 is 0 Å². The third kappa shape index (κ3) is 4.60. The molecule has 1 aromatic heterocycles. The van der Waals surface area contributed by atoms with Crippen LogP contribution < -0.4 is 14.8 Å². The molecule has 6 heteroatoms. The van der Waals surface area contributed by atoms with Gasteiger partial charge in [-0.2, -0.15) is 0 Å². The molecule has 1 amide bonds. The highest BCUT2D eigenvalue weighted by molar-refractivity contribution is 5.86. The van der Waals surface area contributed by atoms with Crippen LogP contribution in [0.1, 0.15) is 16.8 Å². The summed E-state index contributed by atoms with van der Waals surface area (Å²) < 4.78 is 16.6. The Morgan fingerprint density at radius 1 is 0.967 bits per heavy atom.